The van der Waals surface area contributed by atoms with Gasteiger partial charge in [-0.25, -0.2) is 4.99 Å². The quantitative estimate of drug-likeness (QED) is 0.459. The minimum atomic E-state index is -0.355. The lowest BCUT2D eigenvalue weighted by Crippen LogP contribution is -2.46. The fourth-order valence-corrected chi connectivity index (χ4v) is 3.37. The van der Waals surface area contributed by atoms with Crippen molar-refractivity contribution < 1.29 is 9.59 Å². The SMILES string of the molecule is CCSC(=Nc1ccccc1Cl)N(C)N1C(=O)c2ccccc2C1=O. The molecule has 1 aliphatic heterocycles. The number of hydrogen-bond donors (Lipinski definition) is 0. The fourth-order valence-electron chi connectivity index (χ4n) is 2.51. The van der Waals surface area contributed by atoms with E-state index in [1.54, 1.807) is 43.4 Å². The predicted octanol–water partition coefficient (Wildman–Crippen LogP) is 4.22. The molecular formula is C18H16ClN3O2S. The number of thioether (sulfide) groups is 1. The van der Waals surface area contributed by atoms with Crippen molar-refractivity contribution in [1.82, 2.24) is 10.0 Å². The predicted molar refractivity (Wildman–Crippen MR) is 101 cm³/mol. The summed E-state index contributed by atoms with van der Waals surface area (Å²) < 4.78 is 0. The number of imide groups is 1. The van der Waals surface area contributed by atoms with Gasteiger partial charge in [0.25, 0.3) is 11.8 Å². The van der Waals surface area contributed by atoms with Crippen LogP contribution in [-0.2, 0) is 0 Å². The molecule has 1 heterocycles. The van der Waals surface area contributed by atoms with Crippen molar-refractivity contribution in [1.29, 1.82) is 0 Å². The number of carbonyl (C=O) groups is 2. The molecule has 0 saturated carbocycles. The lowest BCUT2D eigenvalue weighted by atomic mass is 10.1. The van der Waals surface area contributed by atoms with Crippen LogP contribution in [0.4, 0.5) is 5.69 Å². The Morgan fingerprint density at radius 2 is 1.64 bits per heavy atom. The highest BCUT2D eigenvalue weighted by atomic mass is 35.5. The summed E-state index contributed by atoms with van der Waals surface area (Å²) >= 11 is 7.61. The number of hydrazine groups is 1. The molecule has 1 aliphatic rings. The van der Waals surface area contributed by atoms with E-state index in [2.05, 4.69) is 4.99 Å². The molecule has 2 aromatic carbocycles. The number of benzene rings is 2. The van der Waals surface area contributed by atoms with Crippen LogP contribution in [0.3, 0.4) is 0 Å². The Morgan fingerprint density at radius 3 is 2.20 bits per heavy atom. The van der Waals surface area contributed by atoms with Crippen LogP contribution in [0.5, 0.6) is 0 Å². The van der Waals surface area contributed by atoms with Gasteiger partial charge in [-0.05, 0) is 30.0 Å². The zero-order chi connectivity index (χ0) is 18.0. The van der Waals surface area contributed by atoms with E-state index in [0.717, 1.165) is 10.8 Å². The molecule has 0 bridgehead atoms. The molecule has 0 atom stereocenters. The van der Waals surface area contributed by atoms with Crippen LogP contribution in [-0.4, -0.2) is 39.8 Å². The van der Waals surface area contributed by atoms with Crippen molar-refractivity contribution in [3.8, 4) is 0 Å². The van der Waals surface area contributed by atoms with Crippen molar-refractivity contribution in [2.24, 2.45) is 4.99 Å². The number of amidine groups is 1. The van der Waals surface area contributed by atoms with Gasteiger partial charge in [0.2, 0.25) is 0 Å². The molecule has 0 aliphatic carbocycles. The third-order valence-electron chi connectivity index (χ3n) is 3.69. The number of aliphatic imine (C=N–C) groups is 1. The molecule has 5 nitrogen and oxygen atoms in total. The molecular weight excluding hydrogens is 358 g/mol. The molecule has 2 amide bonds. The summed E-state index contributed by atoms with van der Waals surface area (Å²) in [5.41, 5.74) is 1.39. The van der Waals surface area contributed by atoms with Gasteiger partial charge in [-0.3, -0.25) is 14.6 Å². The Balaban J connectivity index is 1.97. The number of hydrogen-bond acceptors (Lipinski definition) is 4. The zero-order valence-corrected chi connectivity index (χ0v) is 15.3. The first-order chi connectivity index (χ1) is 12.0. The zero-order valence-electron chi connectivity index (χ0n) is 13.8. The number of fused-ring (bicyclic) bond motifs is 1. The van der Waals surface area contributed by atoms with E-state index >= 15 is 0 Å². The van der Waals surface area contributed by atoms with Gasteiger partial charge < -0.3 is 0 Å². The van der Waals surface area contributed by atoms with Crippen molar-refractivity contribution >= 4 is 46.0 Å². The second-order valence-corrected chi connectivity index (χ2v) is 6.91. The summed E-state index contributed by atoms with van der Waals surface area (Å²) in [7, 11) is 1.65. The van der Waals surface area contributed by atoms with Crippen LogP contribution in [0.1, 0.15) is 27.6 Å². The summed E-state index contributed by atoms with van der Waals surface area (Å²) in [6.45, 7) is 1.98. The highest BCUT2D eigenvalue weighted by Gasteiger charge is 2.39. The maximum Gasteiger partial charge on any atom is 0.280 e. The van der Waals surface area contributed by atoms with Gasteiger partial charge in [0, 0.05) is 7.05 Å². The number of rotatable bonds is 3. The first-order valence-corrected chi connectivity index (χ1v) is 9.08. The van der Waals surface area contributed by atoms with E-state index in [-0.39, 0.29) is 11.8 Å². The van der Waals surface area contributed by atoms with Crippen molar-refractivity contribution in [3.05, 3.63) is 64.7 Å². The third kappa shape index (κ3) is 3.27. The molecule has 0 saturated heterocycles. The van der Waals surface area contributed by atoms with Crippen LogP contribution >= 0.6 is 23.4 Å². The van der Waals surface area contributed by atoms with Gasteiger partial charge in [0.15, 0.2) is 5.17 Å². The van der Waals surface area contributed by atoms with E-state index in [1.165, 1.54) is 16.8 Å². The lowest BCUT2D eigenvalue weighted by Gasteiger charge is -2.28. The topological polar surface area (TPSA) is 53.0 Å². The third-order valence-corrected chi connectivity index (χ3v) is 4.91. The Kier molecular flexibility index (Phi) is 5.11. The molecule has 0 unspecified atom stereocenters. The molecule has 0 aromatic heterocycles. The summed E-state index contributed by atoms with van der Waals surface area (Å²) in [5.74, 6) is 0.0230. The first-order valence-electron chi connectivity index (χ1n) is 7.72. The fraction of sp³-hybridized carbons (Fsp3) is 0.167. The molecule has 0 spiro atoms. The molecule has 0 fully saturated rings. The number of halogens is 1. The van der Waals surface area contributed by atoms with Crippen LogP contribution in [0, 0.1) is 0 Å². The molecule has 25 heavy (non-hydrogen) atoms. The smallest absolute Gasteiger partial charge is 0.267 e. The van der Waals surface area contributed by atoms with Crippen LogP contribution in [0.25, 0.3) is 0 Å². The summed E-state index contributed by atoms with van der Waals surface area (Å²) in [6, 6.07) is 14.0. The summed E-state index contributed by atoms with van der Waals surface area (Å²) in [4.78, 5) is 29.9. The van der Waals surface area contributed by atoms with Gasteiger partial charge in [0.05, 0.1) is 21.8 Å². The summed E-state index contributed by atoms with van der Waals surface area (Å²) in [5, 5.41) is 3.63. The van der Waals surface area contributed by atoms with E-state index in [1.807, 2.05) is 19.1 Å². The Labute approximate surface area is 155 Å². The normalized spacial score (nSPS) is 14.0. The molecule has 7 heteroatoms. The summed E-state index contributed by atoms with van der Waals surface area (Å²) in [6.07, 6.45) is 0. The Morgan fingerprint density at radius 1 is 1.08 bits per heavy atom. The van der Waals surface area contributed by atoms with Gasteiger partial charge in [-0.1, -0.05) is 54.6 Å². The Hall–Kier alpha value is -2.31. The van der Waals surface area contributed by atoms with Gasteiger partial charge in [-0.15, -0.1) is 0 Å². The van der Waals surface area contributed by atoms with E-state index in [4.69, 9.17) is 11.6 Å². The van der Waals surface area contributed by atoms with E-state index in [9.17, 15) is 9.59 Å². The average Bonchev–Trinajstić information content (AvgIpc) is 2.87. The highest BCUT2D eigenvalue weighted by molar-refractivity contribution is 8.13. The first kappa shape index (κ1) is 17.5. The van der Waals surface area contributed by atoms with Crippen molar-refractivity contribution in [2.45, 2.75) is 6.92 Å². The van der Waals surface area contributed by atoms with Crippen molar-refractivity contribution in [3.63, 3.8) is 0 Å². The molecule has 0 N–H and O–H groups in total. The molecule has 0 radical (unpaired) electrons. The lowest BCUT2D eigenvalue weighted by molar-refractivity contribution is 0.0369. The maximum atomic E-state index is 12.6. The average molecular weight is 374 g/mol. The largest absolute Gasteiger partial charge is 0.280 e. The number of carbonyl (C=O) groups excluding carboxylic acids is 2. The molecule has 2 aromatic rings. The second kappa shape index (κ2) is 7.29. The monoisotopic (exact) mass is 373 g/mol. The number of para-hydroxylation sites is 1. The van der Waals surface area contributed by atoms with Gasteiger partial charge in [-0.2, -0.15) is 5.01 Å². The highest BCUT2D eigenvalue weighted by Crippen LogP contribution is 2.29. The number of nitrogens with zero attached hydrogens (tertiary/aromatic N) is 3. The molecule has 128 valence electrons. The van der Waals surface area contributed by atoms with Crippen molar-refractivity contribution in [2.75, 3.05) is 12.8 Å². The van der Waals surface area contributed by atoms with Gasteiger partial charge >= 0.3 is 0 Å². The standard InChI is InChI=1S/C18H16ClN3O2S/c1-3-25-18(20-15-11-7-6-10-14(15)19)21(2)22-16(23)12-8-4-5-9-13(12)17(22)24/h4-11H,3H2,1-2H3. The maximum absolute atomic E-state index is 12.6. The van der Waals surface area contributed by atoms with Crippen LogP contribution < -0.4 is 0 Å². The number of amides is 2. The van der Waals surface area contributed by atoms with Gasteiger partial charge in [0.1, 0.15) is 0 Å². The minimum absolute atomic E-state index is 0.355. The second-order valence-electron chi connectivity index (χ2n) is 5.27. The Bertz CT molecular complexity index is 834. The van der Waals surface area contributed by atoms with Crippen LogP contribution in [0.2, 0.25) is 5.02 Å². The molecule has 3 rings (SSSR count). The minimum Gasteiger partial charge on any atom is -0.267 e. The van der Waals surface area contributed by atoms with Crippen LogP contribution in [0.15, 0.2) is 53.5 Å². The van der Waals surface area contributed by atoms with E-state index < -0.39 is 0 Å². The van der Waals surface area contributed by atoms with E-state index in [0.29, 0.717) is 27.0 Å².